The third-order valence-electron chi connectivity index (χ3n) is 4.61. The minimum Gasteiger partial charge on any atom is -0.493 e. The standard InChI is InChI=1S/C22H27N3O8/c1-13(2)8-9-33-17-7-6-14(10-18(17)30-3)21(26)23-24-22(27)15-11-19(31-4)20(32-5)12-16(15)25(28)29/h6-7,10-13H,8-9H2,1-5H3,(H,23,26)(H,24,27). The Morgan fingerprint density at radius 2 is 1.48 bits per heavy atom. The highest BCUT2D eigenvalue weighted by molar-refractivity contribution is 6.02. The fourth-order valence-electron chi connectivity index (χ4n) is 2.79. The molecule has 0 heterocycles. The summed E-state index contributed by atoms with van der Waals surface area (Å²) in [6, 6.07) is 6.79. The van der Waals surface area contributed by atoms with Gasteiger partial charge in [0.05, 0.1) is 38.9 Å². The van der Waals surface area contributed by atoms with Gasteiger partial charge in [-0.25, -0.2) is 0 Å². The number of nitro benzene ring substituents is 1. The van der Waals surface area contributed by atoms with E-state index in [4.69, 9.17) is 18.9 Å². The van der Waals surface area contributed by atoms with E-state index in [-0.39, 0.29) is 22.6 Å². The highest BCUT2D eigenvalue weighted by Gasteiger charge is 2.25. The third-order valence-corrected chi connectivity index (χ3v) is 4.61. The summed E-state index contributed by atoms with van der Waals surface area (Å²) in [5, 5.41) is 11.4. The Hall–Kier alpha value is -4.02. The number of carbonyl (C=O) groups excluding carboxylic acids is 2. The maximum Gasteiger partial charge on any atom is 0.286 e. The van der Waals surface area contributed by atoms with Crippen LogP contribution in [0.15, 0.2) is 30.3 Å². The molecule has 2 aromatic carbocycles. The highest BCUT2D eigenvalue weighted by atomic mass is 16.6. The lowest BCUT2D eigenvalue weighted by Crippen LogP contribution is -2.41. The maximum atomic E-state index is 12.6. The van der Waals surface area contributed by atoms with Crippen LogP contribution < -0.4 is 29.8 Å². The number of amides is 2. The van der Waals surface area contributed by atoms with Crippen LogP contribution in [0.3, 0.4) is 0 Å². The molecular weight excluding hydrogens is 434 g/mol. The largest absolute Gasteiger partial charge is 0.493 e. The van der Waals surface area contributed by atoms with Gasteiger partial charge in [-0.05, 0) is 30.5 Å². The molecule has 2 amide bonds. The van der Waals surface area contributed by atoms with Crippen molar-refractivity contribution in [2.45, 2.75) is 20.3 Å². The minimum atomic E-state index is -0.906. The lowest BCUT2D eigenvalue weighted by molar-refractivity contribution is -0.385. The topological polar surface area (TPSA) is 138 Å². The van der Waals surface area contributed by atoms with Crippen LogP contribution in [-0.4, -0.2) is 44.7 Å². The number of benzene rings is 2. The van der Waals surface area contributed by atoms with Crippen molar-refractivity contribution in [3.63, 3.8) is 0 Å². The molecule has 178 valence electrons. The van der Waals surface area contributed by atoms with Crippen LogP contribution in [0.5, 0.6) is 23.0 Å². The van der Waals surface area contributed by atoms with Crippen molar-refractivity contribution in [2.75, 3.05) is 27.9 Å². The zero-order chi connectivity index (χ0) is 24.5. The molecule has 0 aliphatic heterocycles. The second kappa shape index (κ2) is 11.6. The molecule has 0 radical (unpaired) electrons. The second-order valence-corrected chi connectivity index (χ2v) is 7.29. The minimum absolute atomic E-state index is 0.0904. The van der Waals surface area contributed by atoms with E-state index in [0.717, 1.165) is 18.6 Å². The van der Waals surface area contributed by atoms with Crippen molar-refractivity contribution in [3.05, 3.63) is 51.6 Å². The molecule has 0 fully saturated rings. The first-order valence-electron chi connectivity index (χ1n) is 10.0. The summed E-state index contributed by atoms with van der Waals surface area (Å²) < 4.78 is 21.1. The van der Waals surface area contributed by atoms with Crippen molar-refractivity contribution in [3.8, 4) is 23.0 Å². The maximum absolute atomic E-state index is 12.6. The zero-order valence-electron chi connectivity index (χ0n) is 19.1. The smallest absolute Gasteiger partial charge is 0.286 e. The Kier molecular flexibility index (Phi) is 8.84. The number of nitro groups is 1. The summed E-state index contributed by atoms with van der Waals surface area (Å²) in [4.78, 5) is 35.7. The van der Waals surface area contributed by atoms with Gasteiger partial charge in [-0.3, -0.25) is 30.6 Å². The first kappa shape index (κ1) is 25.2. The van der Waals surface area contributed by atoms with Crippen molar-refractivity contribution >= 4 is 17.5 Å². The SMILES string of the molecule is COc1cc(C(=O)NNC(=O)c2ccc(OCCC(C)C)c(OC)c2)c([N+](=O)[O-])cc1OC. The van der Waals surface area contributed by atoms with E-state index >= 15 is 0 Å². The van der Waals surface area contributed by atoms with Crippen LogP contribution >= 0.6 is 0 Å². The number of ether oxygens (including phenoxy) is 4. The Morgan fingerprint density at radius 1 is 0.909 bits per heavy atom. The van der Waals surface area contributed by atoms with E-state index in [0.29, 0.717) is 24.0 Å². The van der Waals surface area contributed by atoms with Crippen LogP contribution in [0.4, 0.5) is 5.69 Å². The molecule has 2 rings (SSSR count). The summed E-state index contributed by atoms with van der Waals surface area (Å²) in [6.07, 6.45) is 0.861. The lowest BCUT2D eigenvalue weighted by atomic mass is 10.1. The summed E-state index contributed by atoms with van der Waals surface area (Å²) in [5.74, 6) is -0.0285. The van der Waals surface area contributed by atoms with Crippen LogP contribution in [0.1, 0.15) is 41.0 Å². The first-order chi connectivity index (χ1) is 15.7. The molecule has 2 N–H and O–H groups in total. The summed E-state index contributed by atoms with van der Waals surface area (Å²) >= 11 is 0. The number of rotatable bonds is 10. The van der Waals surface area contributed by atoms with Crippen molar-refractivity contribution < 1.29 is 33.5 Å². The van der Waals surface area contributed by atoms with Gasteiger partial charge in [0.15, 0.2) is 23.0 Å². The van der Waals surface area contributed by atoms with Gasteiger partial charge in [0.1, 0.15) is 5.56 Å². The van der Waals surface area contributed by atoms with Crippen molar-refractivity contribution in [1.29, 1.82) is 0 Å². The summed E-state index contributed by atoms with van der Waals surface area (Å²) in [7, 11) is 4.09. The molecule has 0 aromatic heterocycles. The Bertz CT molecular complexity index is 1020. The number of hydrazine groups is 1. The fraction of sp³-hybridized carbons (Fsp3) is 0.364. The highest BCUT2D eigenvalue weighted by Crippen LogP contribution is 2.34. The van der Waals surface area contributed by atoms with Crippen LogP contribution in [0.2, 0.25) is 0 Å². The van der Waals surface area contributed by atoms with E-state index in [1.807, 2.05) is 0 Å². The number of hydrogen-bond donors (Lipinski definition) is 2. The molecule has 0 aliphatic rings. The van der Waals surface area contributed by atoms with Gasteiger partial charge < -0.3 is 18.9 Å². The zero-order valence-corrected chi connectivity index (χ0v) is 19.1. The molecule has 0 saturated carbocycles. The Balaban J connectivity index is 2.14. The summed E-state index contributed by atoms with van der Waals surface area (Å²) in [5.41, 5.74) is 3.76. The average molecular weight is 461 g/mol. The number of hydrogen-bond acceptors (Lipinski definition) is 8. The predicted molar refractivity (Wildman–Crippen MR) is 119 cm³/mol. The number of methoxy groups -OCH3 is 3. The molecule has 11 nitrogen and oxygen atoms in total. The van der Waals surface area contributed by atoms with Crippen molar-refractivity contribution in [2.24, 2.45) is 5.92 Å². The first-order valence-corrected chi connectivity index (χ1v) is 10.0. The van der Waals surface area contributed by atoms with Gasteiger partial charge in [-0.1, -0.05) is 13.8 Å². The van der Waals surface area contributed by atoms with Crippen LogP contribution in [0, 0.1) is 16.0 Å². The van der Waals surface area contributed by atoms with Crippen LogP contribution in [0.25, 0.3) is 0 Å². The quantitative estimate of drug-likeness (QED) is 0.407. The molecule has 0 aliphatic carbocycles. The molecule has 0 atom stereocenters. The van der Waals surface area contributed by atoms with Gasteiger partial charge in [-0.2, -0.15) is 0 Å². The summed E-state index contributed by atoms with van der Waals surface area (Å²) in [6.45, 7) is 4.66. The van der Waals surface area contributed by atoms with Gasteiger partial charge in [0, 0.05) is 11.6 Å². The van der Waals surface area contributed by atoms with E-state index in [1.54, 1.807) is 6.07 Å². The molecule has 0 unspecified atom stereocenters. The number of carbonyl (C=O) groups is 2. The second-order valence-electron chi connectivity index (χ2n) is 7.29. The normalized spacial score (nSPS) is 10.4. The number of nitrogens with one attached hydrogen (secondary N) is 2. The molecule has 33 heavy (non-hydrogen) atoms. The fourth-order valence-corrected chi connectivity index (χ4v) is 2.79. The Labute approximate surface area is 191 Å². The molecule has 0 spiro atoms. The monoisotopic (exact) mass is 461 g/mol. The molecule has 0 saturated heterocycles. The van der Waals surface area contributed by atoms with E-state index < -0.39 is 22.4 Å². The molecular formula is C22H27N3O8. The molecule has 11 heteroatoms. The van der Waals surface area contributed by atoms with E-state index in [2.05, 4.69) is 24.7 Å². The predicted octanol–water partition coefficient (Wildman–Crippen LogP) is 3.12. The van der Waals surface area contributed by atoms with Gasteiger partial charge >= 0.3 is 0 Å². The van der Waals surface area contributed by atoms with Gasteiger partial charge in [0.2, 0.25) is 0 Å². The van der Waals surface area contributed by atoms with E-state index in [1.165, 1.54) is 33.5 Å². The van der Waals surface area contributed by atoms with E-state index in [9.17, 15) is 19.7 Å². The lowest BCUT2D eigenvalue weighted by Gasteiger charge is -2.14. The molecule has 2 aromatic rings. The number of nitrogens with zero attached hydrogens (tertiary/aromatic N) is 1. The molecule has 0 bridgehead atoms. The van der Waals surface area contributed by atoms with Crippen LogP contribution in [-0.2, 0) is 0 Å². The average Bonchev–Trinajstić information content (AvgIpc) is 2.81. The van der Waals surface area contributed by atoms with Gasteiger partial charge in [0.25, 0.3) is 17.5 Å². The third kappa shape index (κ3) is 6.48. The van der Waals surface area contributed by atoms with Gasteiger partial charge in [-0.15, -0.1) is 0 Å². The van der Waals surface area contributed by atoms with Crippen molar-refractivity contribution in [1.82, 2.24) is 10.9 Å². The Morgan fingerprint density at radius 3 is 2.06 bits per heavy atom.